The van der Waals surface area contributed by atoms with Crippen molar-refractivity contribution in [3.63, 3.8) is 0 Å². The molecule has 1 aromatic carbocycles. The van der Waals surface area contributed by atoms with Gasteiger partial charge in [0.05, 0.1) is 11.3 Å². The lowest BCUT2D eigenvalue weighted by atomic mass is 9.99. The Morgan fingerprint density at radius 3 is 2.91 bits per heavy atom. The van der Waals surface area contributed by atoms with Gasteiger partial charge < -0.3 is 5.32 Å². The van der Waals surface area contributed by atoms with Crippen molar-refractivity contribution in [3.8, 4) is 0 Å². The zero-order valence-corrected chi connectivity index (χ0v) is 11.8. The van der Waals surface area contributed by atoms with Gasteiger partial charge in [0, 0.05) is 23.7 Å². The summed E-state index contributed by atoms with van der Waals surface area (Å²) in [6.07, 6.45) is 1.28. The Balaban J connectivity index is 1.94. The van der Waals surface area contributed by atoms with Crippen molar-refractivity contribution in [2.45, 2.75) is 19.8 Å². The maximum absolute atomic E-state index is 13.5. The van der Waals surface area contributed by atoms with Gasteiger partial charge in [-0.25, -0.2) is 4.39 Å². The predicted molar refractivity (Wildman–Crippen MR) is 78.8 cm³/mol. The second-order valence-electron chi connectivity index (χ2n) is 5.48. The van der Waals surface area contributed by atoms with Gasteiger partial charge in [0.25, 0.3) is 5.91 Å². The van der Waals surface area contributed by atoms with Gasteiger partial charge in [-0.1, -0.05) is 0 Å². The molecule has 2 aromatic rings. The summed E-state index contributed by atoms with van der Waals surface area (Å²) in [5, 5.41) is 9.65. The number of H-pyrrole nitrogens is 1. The molecule has 22 heavy (non-hydrogen) atoms. The number of halogens is 1. The van der Waals surface area contributed by atoms with E-state index in [0.717, 1.165) is 11.1 Å². The van der Waals surface area contributed by atoms with E-state index in [2.05, 4.69) is 15.5 Å². The summed E-state index contributed by atoms with van der Waals surface area (Å²) in [5.41, 5.74) is 4.40. The fraction of sp³-hybridized carbons (Fsp3) is 0.188. The third-order valence-electron chi connectivity index (χ3n) is 4.16. The Hall–Kier alpha value is -2.76. The van der Waals surface area contributed by atoms with Gasteiger partial charge in [0.1, 0.15) is 11.5 Å². The van der Waals surface area contributed by atoms with Gasteiger partial charge in [-0.3, -0.25) is 14.7 Å². The third kappa shape index (κ3) is 1.67. The fourth-order valence-electron chi connectivity index (χ4n) is 3.21. The van der Waals surface area contributed by atoms with Crippen LogP contribution in [0.5, 0.6) is 0 Å². The molecule has 1 aliphatic carbocycles. The first-order chi connectivity index (χ1) is 10.6. The molecule has 0 saturated carbocycles. The molecule has 5 nitrogen and oxygen atoms in total. The molecular formula is C16H12FN3O2. The summed E-state index contributed by atoms with van der Waals surface area (Å²) in [4.78, 5) is 23.9. The molecule has 2 aliphatic rings. The predicted octanol–water partition coefficient (Wildman–Crippen LogP) is 2.56. The quantitative estimate of drug-likeness (QED) is 0.627. The number of hydrogen-bond acceptors (Lipinski definition) is 3. The number of fused-ring (bicyclic) bond motifs is 2. The Bertz CT molecular complexity index is 880. The number of benzene rings is 1. The van der Waals surface area contributed by atoms with E-state index in [0.29, 0.717) is 41.1 Å². The maximum atomic E-state index is 13.5. The van der Waals surface area contributed by atoms with Crippen LogP contribution in [0.1, 0.15) is 40.7 Å². The van der Waals surface area contributed by atoms with Crippen molar-refractivity contribution in [3.05, 3.63) is 46.5 Å². The minimum Gasteiger partial charge on any atom is -0.321 e. The molecule has 0 spiro atoms. The van der Waals surface area contributed by atoms with Crippen LogP contribution in [0.25, 0.3) is 11.1 Å². The molecule has 2 N–H and O–H groups in total. The van der Waals surface area contributed by atoms with Crippen LogP contribution in [0.15, 0.2) is 18.2 Å². The number of hydrogen-bond donors (Lipinski definition) is 2. The van der Waals surface area contributed by atoms with E-state index >= 15 is 0 Å². The number of carbonyl (C=O) groups excluding carboxylic acids is 2. The van der Waals surface area contributed by atoms with Crippen LogP contribution in [0.3, 0.4) is 0 Å². The standard InChI is InChI=1S/C16H12FN3O2/c1-7(21)14-10-4-3-9(15(10)20-19-14)13-11-6-8(17)2-5-12(11)18-16(13)22/h2,5-6H,3-4H2,1H3,(H,18,22)(H,19,20)/b13-9-. The number of allylic oxidation sites excluding steroid dienone is 1. The van der Waals surface area contributed by atoms with Crippen LogP contribution in [0.4, 0.5) is 10.1 Å². The van der Waals surface area contributed by atoms with Gasteiger partial charge in [0.2, 0.25) is 0 Å². The van der Waals surface area contributed by atoms with E-state index < -0.39 is 0 Å². The average molecular weight is 297 g/mol. The van der Waals surface area contributed by atoms with Gasteiger partial charge in [-0.15, -0.1) is 0 Å². The van der Waals surface area contributed by atoms with E-state index in [9.17, 15) is 14.0 Å². The van der Waals surface area contributed by atoms with E-state index in [1.165, 1.54) is 19.1 Å². The zero-order valence-electron chi connectivity index (χ0n) is 11.8. The molecule has 0 unspecified atom stereocenters. The second-order valence-corrected chi connectivity index (χ2v) is 5.48. The molecule has 0 fully saturated rings. The Morgan fingerprint density at radius 2 is 2.14 bits per heavy atom. The first kappa shape index (κ1) is 12.9. The van der Waals surface area contributed by atoms with E-state index in [-0.39, 0.29) is 17.5 Å². The highest BCUT2D eigenvalue weighted by molar-refractivity contribution is 6.37. The topological polar surface area (TPSA) is 74.8 Å². The Kier molecular flexibility index (Phi) is 2.57. The van der Waals surface area contributed by atoms with Crippen LogP contribution >= 0.6 is 0 Å². The van der Waals surface area contributed by atoms with E-state index in [4.69, 9.17) is 0 Å². The molecule has 4 rings (SSSR count). The van der Waals surface area contributed by atoms with Crippen LogP contribution in [0, 0.1) is 5.82 Å². The minimum absolute atomic E-state index is 0.105. The number of ketones is 1. The number of aromatic amines is 1. The van der Waals surface area contributed by atoms with Crippen molar-refractivity contribution >= 4 is 28.5 Å². The molecule has 1 amide bonds. The first-order valence-electron chi connectivity index (χ1n) is 6.99. The van der Waals surface area contributed by atoms with Crippen LogP contribution < -0.4 is 5.32 Å². The van der Waals surface area contributed by atoms with Crippen molar-refractivity contribution in [2.24, 2.45) is 0 Å². The number of nitrogens with one attached hydrogen (secondary N) is 2. The molecule has 0 bridgehead atoms. The number of anilines is 1. The summed E-state index contributed by atoms with van der Waals surface area (Å²) in [5.74, 6) is -0.742. The van der Waals surface area contributed by atoms with Crippen LogP contribution in [-0.2, 0) is 11.2 Å². The molecular weight excluding hydrogens is 285 g/mol. The maximum Gasteiger partial charge on any atom is 0.256 e. The van der Waals surface area contributed by atoms with Crippen LogP contribution in [-0.4, -0.2) is 21.9 Å². The molecule has 1 aromatic heterocycles. The molecule has 0 atom stereocenters. The summed E-state index contributed by atoms with van der Waals surface area (Å²) in [6, 6.07) is 4.23. The molecule has 1 aliphatic heterocycles. The Labute approximate surface area is 125 Å². The van der Waals surface area contributed by atoms with Crippen LogP contribution in [0.2, 0.25) is 0 Å². The summed E-state index contributed by atoms with van der Waals surface area (Å²) in [7, 11) is 0. The van der Waals surface area contributed by atoms with E-state index in [1.54, 1.807) is 6.07 Å². The number of carbonyl (C=O) groups is 2. The molecule has 6 heteroatoms. The first-order valence-corrected chi connectivity index (χ1v) is 6.99. The molecule has 0 radical (unpaired) electrons. The summed E-state index contributed by atoms with van der Waals surface area (Å²) in [6.45, 7) is 1.47. The van der Waals surface area contributed by atoms with Gasteiger partial charge in [0.15, 0.2) is 5.78 Å². The molecule has 0 saturated heterocycles. The lowest BCUT2D eigenvalue weighted by molar-refractivity contribution is -0.110. The number of amides is 1. The number of aromatic nitrogens is 2. The summed E-state index contributed by atoms with van der Waals surface area (Å²) >= 11 is 0. The van der Waals surface area contributed by atoms with Crippen molar-refractivity contribution in [1.82, 2.24) is 10.2 Å². The number of nitrogens with zero attached hydrogens (tertiary/aromatic N) is 1. The van der Waals surface area contributed by atoms with Gasteiger partial charge >= 0.3 is 0 Å². The third-order valence-corrected chi connectivity index (χ3v) is 4.16. The molecule has 2 heterocycles. The largest absolute Gasteiger partial charge is 0.321 e. The second kappa shape index (κ2) is 4.37. The highest BCUT2D eigenvalue weighted by Crippen LogP contribution is 2.43. The van der Waals surface area contributed by atoms with Crippen molar-refractivity contribution in [1.29, 1.82) is 0 Å². The number of rotatable bonds is 1. The number of Topliss-reactive ketones (excluding diaryl/α,β-unsaturated/α-hetero) is 1. The smallest absolute Gasteiger partial charge is 0.256 e. The lowest BCUT2D eigenvalue weighted by Gasteiger charge is -2.03. The normalized spacial score (nSPS) is 19.1. The Morgan fingerprint density at radius 1 is 1.32 bits per heavy atom. The average Bonchev–Trinajstić information content (AvgIpc) is 3.11. The lowest BCUT2D eigenvalue weighted by Crippen LogP contribution is -2.05. The monoisotopic (exact) mass is 297 g/mol. The highest BCUT2D eigenvalue weighted by atomic mass is 19.1. The summed E-state index contributed by atoms with van der Waals surface area (Å²) < 4.78 is 13.5. The SMILES string of the molecule is CC(=O)c1n[nH]c2c1CC/C2=C1/C(=O)Nc2ccc(F)cc21. The van der Waals surface area contributed by atoms with Crippen molar-refractivity contribution < 1.29 is 14.0 Å². The van der Waals surface area contributed by atoms with Gasteiger partial charge in [-0.05, 0) is 36.6 Å². The van der Waals surface area contributed by atoms with E-state index in [1.807, 2.05) is 0 Å². The fourth-order valence-corrected chi connectivity index (χ4v) is 3.21. The van der Waals surface area contributed by atoms with Crippen molar-refractivity contribution in [2.75, 3.05) is 5.32 Å². The molecule has 110 valence electrons. The van der Waals surface area contributed by atoms with Gasteiger partial charge in [-0.2, -0.15) is 5.10 Å². The zero-order chi connectivity index (χ0) is 15.4. The highest BCUT2D eigenvalue weighted by Gasteiger charge is 2.33. The minimum atomic E-state index is -0.388.